The molecule has 0 aliphatic carbocycles. The molecule has 1 aromatic heterocycles. The maximum absolute atomic E-state index is 10.8. The third-order valence-electron chi connectivity index (χ3n) is 3.01. The maximum atomic E-state index is 10.8. The van der Waals surface area contributed by atoms with E-state index in [0.717, 1.165) is 38.2 Å². The van der Waals surface area contributed by atoms with Crippen molar-refractivity contribution < 1.29 is 14.6 Å². The Balaban J connectivity index is 1.93. The zero-order chi connectivity index (χ0) is 12.3. The van der Waals surface area contributed by atoms with Crippen LogP contribution in [0.3, 0.4) is 0 Å². The van der Waals surface area contributed by atoms with Gasteiger partial charge in [0, 0.05) is 30.8 Å². The molecule has 1 aromatic rings. The third kappa shape index (κ3) is 2.98. The molecule has 0 aromatic carbocycles. The van der Waals surface area contributed by atoms with Gasteiger partial charge in [-0.05, 0) is 25.8 Å². The van der Waals surface area contributed by atoms with Crippen LogP contribution in [0.15, 0.2) is 11.4 Å². The number of anilines is 1. The number of thiophene rings is 1. The SMILES string of the molecule is CCOC1CCN(c2csc(C(=O)O)c2)CC1. The molecule has 0 atom stereocenters. The Morgan fingerprint density at radius 3 is 2.82 bits per heavy atom. The molecule has 5 heteroatoms. The summed E-state index contributed by atoms with van der Waals surface area (Å²) in [6.45, 7) is 4.68. The third-order valence-corrected chi connectivity index (χ3v) is 3.91. The molecule has 94 valence electrons. The Kier molecular flexibility index (Phi) is 4.02. The summed E-state index contributed by atoms with van der Waals surface area (Å²) in [5.41, 5.74) is 1.03. The molecule has 0 spiro atoms. The van der Waals surface area contributed by atoms with Gasteiger partial charge in [-0.3, -0.25) is 0 Å². The van der Waals surface area contributed by atoms with E-state index in [1.165, 1.54) is 11.3 Å². The number of hydrogen-bond donors (Lipinski definition) is 1. The number of carbonyl (C=O) groups is 1. The van der Waals surface area contributed by atoms with Gasteiger partial charge in [0.2, 0.25) is 0 Å². The topological polar surface area (TPSA) is 49.8 Å². The molecule has 1 saturated heterocycles. The first-order valence-electron chi connectivity index (χ1n) is 5.89. The normalized spacial score (nSPS) is 17.4. The van der Waals surface area contributed by atoms with E-state index in [-0.39, 0.29) is 0 Å². The van der Waals surface area contributed by atoms with Crippen LogP contribution in [0.4, 0.5) is 5.69 Å². The molecule has 0 amide bonds. The van der Waals surface area contributed by atoms with Crippen molar-refractivity contribution in [3.63, 3.8) is 0 Å². The molecule has 2 heterocycles. The molecule has 2 rings (SSSR count). The molecular formula is C12H17NO3S. The van der Waals surface area contributed by atoms with E-state index in [0.29, 0.717) is 11.0 Å². The molecular weight excluding hydrogens is 238 g/mol. The second-order valence-electron chi connectivity index (χ2n) is 4.12. The van der Waals surface area contributed by atoms with Crippen molar-refractivity contribution in [2.24, 2.45) is 0 Å². The fraction of sp³-hybridized carbons (Fsp3) is 0.583. The van der Waals surface area contributed by atoms with Crippen LogP contribution in [0.2, 0.25) is 0 Å². The van der Waals surface area contributed by atoms with Gasteiger partial charge < -0.3 is 14.7 Å². The molecule has 0 saturated carbocycles. The van der Waals surface area contributed by atoms with Crippen LogP contribution in [-0.4, -0.2) is 36.9 Å². The molecule has 0 radical (unpaired) electrons. The second kappa shape index (κ2) is 5.51. The fourth-order valence-electron chi connectivity index (χ4n) is 2.12. The van der Waals surface area contributed by atoms with Crippen LogP contribution in [0.25, 0.3) is 0 Å². The molecule has 1 fully saturated rings. The number of carboxylic acid groups (broad SMARTS) is 1. The van der Waals surface area contributed by atoms with Crippen molar-refractivity contribution >= 4 is 23.0 Å². The van der Waals surface area contributed by atoms with Gasteiger partial charge in [0.15, 0.2) is 0 Å². The summed E-state index contributed by atoms with van der Waals surface area (Å²) in [5.74, 6) is -0.842. The summed E-state index contributed by atoms with van der Waals surface area (Å²) >= 11 is 1.29. The van der Waals surface area contributed by atoms with E-state index in [4.69, 9.17) is 9.84 Å². The number of rotatable bonds is 4. The highest BCUT2D eigenvalue weighted by Crippen LogP contribution is 2.26. The lowest BCUT2D eigenvalue weighted by atomic mass is 10.1. The predicted octanol–water partition coefficient (Wildman–Crippen LogP) is 2.45. The Morgan fingerprint density at radius 2 is 2.29 bits per heavy atom. The van der Waals surface area contributed by atoms with Crippen molar-refractivity contribution in [3.8, 4) is 0 Å². The summed E-state index contributed by atoms with van der Waals surface area (Å²) in [6.07, 6.45) is 2.41. The Labute approximate surface area is 105 Å². The summed E-state index contributed by atoms with van der Waals surface area (Å²) in [4.78, 5) is 13.4. The zero-order valence-electron chi connectivity index (χ0n) is 9.89. The standard InChI is InChI=1S/C12H17NO3S/c1-2-16-10-3-5-13(6-4-10)9-7-11(12(14)15)17-8-9/h7-8,10H,2-6H2,1H3,(H,14,15). The van der Waals surface area contributed by atoms with Crippen LogP contribution in [0, 0.1) is 0 Å². The van der Waals surface area contributed by atoms with E-state index >= 15 is 0 Å². The minimum Gasteiger partial charge on any atom is -0.477 e. The minimum atomic E-state index is -0.842. The average molecular weight is 255 g/mol. The van der Waals surface area contributed by atoms with Gasteiger partial charge in [-0.15, -0.1) is 11.3 Å². The summed E-state index contributed by atoms with van der Waals surface area (Å²) in [7, 11) is 0. The summed E-state index contributed by atoms with van der Waals surface area (Å²) < 4.78 is 5.59. The highest BCUT2D eigenvalue weighted by atomic mass is 32.1. The van der Waals surface area contributed by atoms with Crippen LogP contribution < -0.4 is 4.90 Å². The number of piperidine rings is 1. The highest BCUT2D eigenvalue weighted by Gasteiger charge is 2.20. The lowest BCUT2D eigenvalue weighted by molar-refractivity contribution is 0.0459. The largest absolute Gasteiger partial charge is 0.477 e. The van der Waals surface area contributed by atoms with Gasteiger partial charge in [-0.25, -0.2) is 4.79 Å². The number of carboxylic acids is 1. The molecule has 17 heavy (non-hydrogen) atoms. The van der Waals surface area contributed by atoms with Gasteiger partial charge in [0.25, 0.3) is 0 Å². The van der Waals surface area contributed by atoms with Crippen LogP contribution in [0.1, 0.15) is 29.4 Å². The fourth-order valence-corrected chi connectivity index (χ4v) is 2.87. The first-order valence-corrected chi connectivity index (χ1v) is 6.77. The van der Waals surface area contributed by atoms with Gasteiger partial charge in [0.1, 0.15) is 4.88 Å². The lowest BCUT2D eigenvalue weighted by Crippen LogP contribution is -2.36. The lowest BCUT2D eigenvalue weighted by Gasteiger charge is -2.32. The van der Waals surface area contributed by atoms with Crippen LogP contribution >= 0.6 is 11.3 Å². The highest BCUT2D eigenvalue weighted by molar-refractivity contribution is 7.12. The zero-order valence-corrected chi connectivity index (χ0v) is 10.7. The van der Waals surface area contributed by atoms with E-state index in [2.05, 4.69) is 4.90 Å². The van der Waals surface area contributed by atoms with Crippen molar-refractivity contribution in [2.45, 2.75) is 25.9 Å². The smallest absolute Gasteiger partial charge is 0.345 e. The summed E-state index contributed by atoms with van der Waals surface area (Å²) in [6, 6.07) is 1.76. The van der Waals surface area contributed by atoms with E-state index in [9.17, 15) is 4.79 Å². The quantitative estimate of drug-likeness (QED) is 0.898. The number of nitrogens with zero attached hydrogens (tertiary/aromatic N) is 1. The maximum Gasteiger partial charge on any atom is 0.345 e. The number of ether oxygens (including phenoxy) is 1. The van der Waals surface area contributed by atoms with Crippen molar-refractivity contribution in [2.75, 3.05) is 24.6 Å². The van der Waals surface area contributed by atoms with Crippen LogP contribution in [-0.2, 0) is 4.74 Å². The van der Waals surface area contributed by atoms with Crippen molar-refractivity contribution in [1.82, 2.24) is 0 Å². The predicted molar refractivity (Wildman–Crippen MR) is 68.1 cm³/mol. The molecule has 0 unspecified atom stereocenters. The van der Waals surface area contributed by atoms with E-state index in [1.54, 1.807) is 6.07 Å². The molecule has 0 bridgehead atoms. The van der Waals surface area contributed by atoms with Gasteiger partial charge in [-0.1, -0.05) is 0 Å². The van der Waals surface area contributed by atoms with Crippen LogP contribution in [0.5, 0.6) is 0 Å². The molecule has 1 aliphatic rings. The van der Waals surface area contributed by atoms with Gasteiger partial charge in [0.05, 0.1) is 6.10 Å². The van der Waals surface area contributed by atoms with Gasteiger partial charge in [-0.2, -0.15) is 0 Å². The first-order chi connectivity index (χ1) is 8.20. The van der Waals surface area contributed by atoms with Crippen molar-refractivity contribution in [3.05, 3.63) is 16.3 Å². The van der Waals surface area contributed by atoms with E-state index < -0.39 is 5.97 Å². The number of aromatic carboxylic acids is 1. The second-order valence-corrected chi connectivity index (χ2v) is 5.03. The molecule has 4 nitrogen and oxygen atoms in total. The van der Waals surface area contributed by atoms with Gasteiger partial charge >= 0.3 is 5.97 Å². The average Bonchev–Trinajstić information content (AvgIpc) is 2.80. The molecule has 1 N–H and O–H groups in total. The van der Waals surface area contributed by atoms with E-state index in [1.807, 2.05) is 12.3 Å². The Morgan fingerprint density at radius 1 is 1.59 bits per heavy atom. The Bertz CT molecular complexity index is 383. The van der Waals surface area contributed by atoms with Crippen molar-refractivity contribution in [1.29, 1.82) is 0 Å². The Hall–Kier alpha value is -1.07. The first kappa shape index (κ1) is 12.4. The monoisotopic (exact) mass is 255 g/mol. The number of hydrogen-bond acceptors (Lipinski definition) is 4. The minimum absolute atomic E-state index is 0.369. The molecule has 1 aliphatic heterocycles. The summed E-state index contributed by atoms with van der Waals surface area (Å²) in [5, 5.41) is 10.8.